The molecule has 1 amide bonds. The van der Waals surface area contributed by atoms with E-state index in [-0.39, 0.29) is 16.7 Å². The van der Waals surface area contributed by atoms with Gasteiger partial charge in [0.2, 0.25) is 5.91 Å². The molecule has 8 heteroatoms. The molecule has 0 saturated carbocycles. The maximum Gasteiger partial charge on any atom is 0.417 e. The van der Waals surface area contributed by atoms with Crippen LogP contribution in [0.15, 0.2) is 33.5 Å². The van der Waals surface area contributed by atoms with Gasteiger partial charge in [0.25, 0.3) is 0 Å². The van der Waals surface area contributed by atoms with E-state index in [1.165, 1.54) is 13.0 Å². The maximum atomic E-state index is 12.8. The molecule has 1 N–H and O–H groups in total. The maximum absolute atomic E-state index is 12.8. The largest absolute Gasteiger partial charge is 0.423 e. The Hall–Kier alpha value is -2.02. The van der Waals surface area contributed by atoms with Crippen LogP contribution < -0.4 is 10.9 Å². The number of alkyl halides is 4. The van der Waals surface area contributed by atoms with E-state index >= 15 is 0 Å². The highest BCUT2D eigenvalue weighted by Gasteiger charge is 2.33. The van der Waals surface area contributed by atoms with Crippen molar-refractivity contribution in [1.29, 1.82) is 0 Å². The van der Waals surface area contributed by atoms with Gasteiger partial charge in [0.05, 0.1) is 5.56 Å². The highest BCUT2D eigenvalue weighted by atomic mass is 35.5. The van der Waals surface area contributed by atoms with E-state index in [4.69, 9.17) is 16.0 Å². The number of anilines is 1. The van der Waals surface area contributed by atoms with Gasteiger partial charge in [-0.25, -0.2) is 4.79 Å². The van der Waals surface area contributed by atoms with Gasteiger partial charge in [-0.3, -0.25) is 4.79 Å². The fraction of sp³-hybridized carbons (Fsp3) is 0.231. The summed E-state index contributed by atoms with van der Waals surface area (Å²) in [5, 5.41) is 1.32. The topological polar surface area (TPSA) is 59.3 Å². The summed E-state index contributed by atoms with van der Waals surface area (Å²) in [6.45, 7) is 1.44. The van der Waals surface area contributed by atoms with Crippen molar-refractivity contribution in [2.24, 2.45) is 0 Å². The van der Waals surface area contributed by atoms with Crippen LogP contribution in [0.2, 0.25) is 0 Å². The molecule has 1 aromatic heterocycles. The lowest BCUT2D eigenvalue weighted by Crippen LogP contribution is -2.20. The van der Waals surface area contributed by atoms with Crippen LogP contribution in [-0.2, 0) is 11.0 Å². The first kappa shape index (κ1) is 15.4. The number of hydrogen-bond acceptors (Lipinski definition) is 3. The van der Waals surface area contributed by atoms with Crippen LogP contribution in [0, 0.1) is 0 Å². The van der Waals surface area contributed by atoms with Crippen molar-refractivity contribution in [3.05, 3.63) is 40.2 Å². The highest BCUT2D eigenvalue weighted by Crippen LogP contribution is 2.34. The number of carbonyl (C=O) groups is 1. The summed E-state index contributed by atoms with van der Waals surface area (Å²) in [4.78, 5) is 22.6. The van der Waals surface area contributed by atoms with Crippen molar-refractivity contribution in [2.75, 3.05) is 5.32 Å². The van der Waals surface area contributed by atoms with Gasteiger partial charge in [0.15, 0.2) is 0 Å². The van der Waals surface area contributed by atoms with Crippen LogP contribution >= 0.6 is 11.6 Å². The molecule has 2 rings (SSSR count). The fourth-order valence-electron chi connectivity index (χ4n) is 1.72. The Balaban J connectivity index is 2.55. The SMILES string of the molecule is CC(Cl)C(=O)Nc1ccc2c(C(F)(F)F)cc(=O)oc2c1. The smallest absolute Gasteiger partial charge is 0.417 e. The van der Waals surface area contributed by atoms with Gasteiger partial charge in [-0.15, -0.1) is 11.6 Å². The zero-order valence-electron chi connectivity index (χ0n) is 10.6. The van der Waals surface area contributed by atoms with Crippen LogP contribution in [0.5, 0.6) is 0 Å². The van der Waals surface area contributed by atoms with Gasteiger partial charge < -0.3 is 9.73 Å². The summed E-state index contributed by atoms with van der Waals surface area (Å²) >= 11 is 5.57. The second-order valence-electron chi connectivity index (χ2n) is 4.29. The van der Waals surface area contributed by atoms with E-state index in [0.717, 1.165) is 12.1 Å². The van der Waals surface area contributed by atoms with Gasteiger partial charge in [-0.05, 0) is 19.1 Å². The molecule has 0 aliphatic heterocycles. The molecule has 1 aromatic carbocycles. The van der Waals surface area contributed by atoms with Crippen LogP contribution in [0.1, 0.15) is 12.5 Å². The minimum absolute atomic E-state index is 0.183. The van der Waals surface area contributed by atoms with Crippen LogP contribution in [0.4, 0.5) is 18.9 Å². The first-order chi connectivity index (χ1) is 9.68. The average Bonchev–Trinajstić information content (AvgIpc) is 2.36. The first-order valence-electron chi connectivity index (χ1n) is 5.78. The molecule has 1 heterocycles. The Kier molecular flexibility index (Phi) is 3.95. The molecule has 0 saturated heterocycles. The van der Waals surface area contributed by atoms with Gasteiger partial charge in [0.1, 0.15) is 11.0 Å². The molecule has 1 unspecified atom stereocenters. The zero-order chi connectivity index (χ0) is 15.8. The standard InChI is InChI=1S/C13H9ClF3NO3/c1-6(14)12(20)18-7-2-3-8-9(13(15,16)17)5-11(19)21-10(8)4-7/h2-6H,1H3,(H,18,20). The third-order valence-electron chi connectivity index (χ3n) is 2.68. The predicted octanol–water partition coefficient (Wildman–Crippen LogP) is 3.38. The lowest BCUT2D eigenvalue weighted by Gasteiger charge is -2.11. The molecule has 0 fully saturated rings. The molecule has 0 spiro atoms. The average molecular weight is 320 g/mol. The van der Waals surface area contributed by atoms with E-state index in [0.29, 0.717) is 6.07 Å². The van der Waals surface area contributed by atoms with Gasteiger partial charge in [0, 0.05) is 23.2 Å². The Labute approximate surface area is 121 Å². The number of rotatable bonds is 2. The van der Waals surface area contributed by atoms with E-state index in [9.17, 15) is 22.8 Å². The van der Waals surface area contributed by atoms with Crippen LogP contribution in [-0.4, -0.2) is 11.3 Å². The van der Waals surface area contributed by atoms with Crippen LogP contribution in [0.3, 0.4) is 0 Å². The molecule has 112 valence electrons. The normalized spacial score (nSPS) is 13.2. The van der Waals surface area contributed by atoms with Gasteiger partial charge in [-0.1, -0.05) is 0 Å². The number of amides is 1. The Morgan fingerprint density at radius 2 is 2.00 bits per heavy atom. The number of carbonyl (C=O) groups excluding carboxylic acids is 1. The minimum atomic E-state index is -4.68. The quantitative estimate of drug-likeness (QED) is 0.682. The van der Waals surface area contributed by atoms with Crippen LogP contribution in [0.25, 0.3) is 11.0 Å². The number of hydrogen-bond donors (Lipinski definition) is 1. The summed E-state index contributed by atoms with van der Waals surface area (Å²) in [5.41, 5.74) is -2.29. The number of fused-ring (bicyclic) bond motifs is 1. The lowest BCUT2D eigenvalue weighted by molar-refractivity contribution is -0.136. The van der Waals surface area contributed by atoms with Crippen molar-refractivity contribution in [1.82, 2.24) is 0 Å². The second-order valence-corrected chi connectivity index (χ2v) is 4.95. The number of nitrogens with one attached hydrogen (secondary N) is 1. The molecule has 0 radical (unpaired) electrons. The van der Waals surface area contributed by atoms with E-state index in [2.05, 4.69) is 5.32 Å². The molecule has 1 atom stereocenters. The summed E-state index contributed by atoms with van der Waals surface area (Å²) in [5.74, 6) is -0.523. The molecular weight excluding hydrogens is 311 g/mol. The minimum Gasteiger partial charge on any atom is -0.423 e. The zero-order valence-corrected chi connectivity index (χ0v) is 11.4. The van der Waals surface area contributed by atoms with E-state index in [1.807, 2.05) is 0 Å². The van der Waals surface area contributed by atoms with E-state index < -0.39 is 28.6 Å². The Bertz CT molecular complexity index is 752. The molecule has 2 aromatic rings. The number of halogens is 4. The summed E-state index contributed by atoms with van der Waals surface area (Å²) in [6.07, 6.45) is -4.68. The summed E-state index contributed by atoms with van der Waals surface area (Å²) in [7, 11) is 0. The van der Waals surface area contributed by atoms with E-state index in [1.54, 1.807) is 0 Å². The van der Waals surface area contributed by atoms with Crippen molar-refractivity contribution >= 4 is 34.2 Å². The number of benzene rings is 1. The Morgan fingerprint density at radius 1 is 1.33 bits per heavy atom. The third kappa shape index (κ3) is 3.36. The van der Waals surface area contributed by atoms with Gasteiger partial charge >= 0.3 is 11.8 Å². The molecule has 21 heavy (non-hydrogen) atoms. The lowest BCUT2D eigenvalue weighted by atomic mass is 10.1. The van der Waals surface area contributed by atoms with Crippen molar-refractivity contribution in [2.45, 2.75) is 18.5 Å². The summed E-state index contributed by atoms with van der Waals surface area (Å²) < 4.78 is 43.3. The predicted molar refractivity (Wildman–Crippen MR) is 71.4 cm³/mol. The second kappa shape index (κ2) is 5.40. The molecule has 4 nitrogen and oxygen atoms in total. The molecule has 0 bridgehead atoms. The highest BCUT2D eigenvalue weighted by molar-refractivity contribution is 6.32. The molecule has 0 aliphatic rings. The summed E-state index contributed by atoms with van der Waals surface area (Å²) in [6, 6.07) is 3.93. The first-order valence-corrected chi connectivity index (χ1v) is 6.22. The Morgan fingerprint density at radius 3 is 2.57 bits per heavy atom. The fourth-order valence-corrected chi connectivity index (χ4v) is 1.77. The van der Waals surface area contributed by atoms with Crippen molar-refractivity contribution in [3.8, 4) is 0 Å². The molecular formula is C13H9ClF3NO3. The van der Waals surface area contributed by atoms with Crippen molar-refractivity contribution in [3.63, 3.8) is 0 Å². The van der Waals surface area contributed by atoms with Gasteiger partial charge in [-0.2, -0.15) is 13.2 Å². The monoisotopic (exact) mass is 319 g/mol. The third-order valence-corrected chi connectivity index (χ3v) is 2.88. The molecule has 0 aliphatic carbocycles. The van der Waals surface area contributed by atoms with Crippen molar-refractivity contribution < 1.29 is 22.4 Å².